The smallest absolute Gasteiger partial charge is 0.138 e. The van der Waals surface area contributed by atoms with Gasteiger partial charge in [0.25, 0.3) is 0 Å². The third kappa shape index (κ3) is 3.10. The number of likely N-dealkylation sites (N-methyl/N-ethyl adjacent to an activating group) is 1. The first-order valence-electron chi connectivity index (χ1n) is 8.44. The number of rotatable bonds is 6. The summed E-state index contributed by atoms with van der Waals surface area (Å²) in [5.74, 6) is 1.83. The van der Waals surface area contributed by atoms with E-state index in [4.69, 9.17) is 0 Å². The molecular weight excluding hydrogens is 292 g/mol. The third-order valence-electron chi connectivity index (χ3n) is 4.71. The van der Waals surface area contributed by atoms with Crippen LogP contribution in [0, 0.1) is 5.92 Å². The van der Waals surface area contributed by atoms with Crippen LogP contribution in [-0.2, 0) is 12.8 Å². The number of aromatic nitrogens is 2. The standard InChI is InChI=1S/C17H26N4S/c1-4-21(5-2)9-8-18-16-15-13-7-6-12(3)10-14(13)22-17(15)20-11-19-16/h11-12H,4-10H2,1-3H3,(H,18,19,20)/t12-/m0/s1. The number of nitrogens with one attached hydrogen (secondary N) is 1. The molecule has 1 atom stereocenters. The highest BCUT2D eigenvalue weighted by Gasteiger charge is 2.22. The molecule has 5 heteroatoms. The Hall–Kier alpha value is -1.20. The number of hydrogen-bond acceptors (Lipinski definition) is 5. The van der Waals surface area contributed by atoms with Crippen LogP contribution in [0.25, 0.3) is 10.2 Å². The van der Waals surface area contributed by atoms with Crippen molar-refractivity contribution < 1.29 is 0 Å². The second kappa shape index (κ2) is 6.92. The Labute approximate surface area is 137 Å². The zero-order valence-corrected chi connectivity index (χ0v) is 14.7. The minimum atomic E-state index is 0.799. The van der Waals surface area contributed by atoms with Crippen LogP contribution in [-0.4, -0.2) is 41.0 Å². The fourth-order valence-electron chi connectivity index (χ4n) is 3.28. The molecule has 0 spiro atoms. The molecule has 0 aliphatic heterocycles. The lowest BCUT2D eigenvalue weighted by molar-refractivity contribution is 0.316. The summed E-state index contributed by atoms with van der Waals surface area (Å²) in [7, 11) is 0. The second-order valence-corrected chi connectivity index (χ2v) is 7.29. The van der Waals surface area contributed by atoms with E-state index in [9.17, 15) is 0 Å². The fourth-order valence-corrected chi connectivity index (χ4v) is 4.63. The molecule has 0 unspecified atom stereocenters. The van der Waals surface area contributed by atoms with Gasteiger partial charge in [0.2, 0.25) is 0 Å². The lowest BCUT2D eigenvalue weighted by Crippen LogP contribution is -2.28. The maximum atomic E-state index is 4.52. The van der Waals surface area contributed by atoms with E-state index in [2.05, 4.69) is 41.0 Å². The van der Waals surface area contributed by atoms with E-state index in [0.29, 0.717) is 0 Å². The topological polar surface area (TPSA) is 41.0 Å². The highest BCUT2D eigenvalue weighted by Crippen LogP contribution is 2.39. The van der Waals surface area contributed by atoms with Gasteiger partial charge in [-0.3, -0.25) is 0 Å². The van der Waals surface area contributed by atoms with Gasteiger partial charge in [-0.25, -0.2) is 9.97 Å². The van der Waals surface area contributed by atoms with Crippen molar-refractivity contribution in [1.82, 2.24) is 14.9 Å². The Morgan fingerprint density at radius 1 is 1.32 bits per heavy atom. The molecule has 2 aromatic rings. The number of thiophene rings is 1. The van der Waals surface area contributed by atoms with E-state index in [1.54, 1.807) is 6.33 Å². The van der Waals surface area contributed by atoms with E-state index in [0.717, 1.165) is 42.7 Å². The Balaban J connectivity index is 1.81. The monoisotopic (exact) mass is 318 g/mol. The summed E-state index contributed by atoms with van der Waals surface area (Å²) in [6.45, 7) is 11.0. The molecule has 3 rings (SSSR count). The van der Waals surface area contributed by atoms with Gasteiger partial charge in [0.05, 0.1) is 5.39 Å². The quantitative estimate of drug-likeness (QED) is 0.884. The molecular formula is C17H26N4S. The highest BCUT2D eigenvalue weighted by molar-refractivity contribution is 7.19. The van der Waals surface area contributed by atoms with Crippen LogP contribution < -0.4 is 5.32 Å². The molecule has 0 aromatic carbocycles. The van der Waals surface area contributed by atoms with Crippen molar-refractivity contribution >= 4 is 27.4 Å². The molecule has 0 saturated carbocycles. The first-order valence-corrected chi connectivity index (χ1v) is 9.26. The molecule has 0 amide bonds. The lowest BCUT2D eigenvalue weighted by Gasteiger charge is -2.19. The molecule has 0 radical (unpaired) electrons. The summed E-state index contributed by atoms with van der Waals surface area (Å²) in [5, 5.41) is 4.83. The molecule has 2 aromatic heterocycles. The average molecular weight is 318 g/mol. The molecule has 1 aliphatic rings. The zero-order valence-electron chi connectivity index (χ0n) is 13.9. The summed E-state index contributed by atoms with van der Waals surface area (Å²) in [6.07, 6.45) is 5.36. The van der Waals surface area contributed by atoms with Gasteiger partial charge in [0.15, 0.2) is 0 Å². The van der Waals surface area contributed by atoms with Gasteiger partial charge >= 0.3 is 0 Å². The predicted octanol–water partition coefficient (Wildman–Crippen LogP) is 3.57. The van der Waals surface area contributed by atoms with Gasteiger partial charge < -0.3 is 10.2 Å². The Morgan fingerprint density at radius 3 is 2.91 bits per heavy atom. The first-order chi connectivity index (χ1) is 10.7. The van der Waals surface area contributed by atoms with E-state index in [1.807, 2.05) is 11.3 Å². The predicted molar refractivity (Wildman–Crippen MR) is 94.9 cm³/mol. The van der Waals surface area contributed by atoms with Gasteiger partial charge in [-0.1, -0.05) is 20.8 Å². The maximum Gasteiger partial charge on any atom is 0.138 e. The molecule has 1 aliphatic carbocycles. The molecule has 0 bridgehead atoms. The third-order valence-corrected chi connectivity index (χ3v) is 5.87. The second-order valence-electron chi connectivity index (χ2n) is 6.21. The molecule has 4 nitrogen and oxygen atoms in total. The first kappa shape index (κ1) is 15.7. The number of nitrogens with zero attached hydrogens (tertiary/aromatic N) is 3. The number of hydrogen-bond donors (Lipinski definition) is 1. The molecule has 120 valence electrons. The van der Waals surface area contributed by atoms with Crippen molar-refractivity contribution in [3.8, 4) is 0 Å². The van der Waals surface area contributed by atoms with Crippen molar-refractivity contribution in [2.45, 2.75) is 40.0 Å². The average Bonchev–Trinajstić information content (AvgIpc) is 2.89. The van der Waals surface area contributed by atoms with Crippen molar-refractivity contribution in [3.63, 3.8) is 0 Å². The molecule has 2 heterocycles. The molecule has 22 heavy (non-hydrogen) atoms. The van der Waals surface area contributed by atoms with Crippen LogP contribution in [0.3, 0.4) is 0 Å². The Bertz CT molecular complexity index is 633. The Morgan fingerprint density at radius 2 is 2.14 bits per heavy atom. The van der Waals surface area contributed by atoms with Crippen LogP contribution in [0.1, 0.15) is 37.6 Å². The number of anilines is 1. The largest absolute Gasteiger partial charge is 0.368 e. The molecule has 1 N–H and O–H groups in total. The van der Waals surface area contributed by atoms with Gasteiger partial charge in [-0.05, 0) is 43.8 Å². The molecule has 0 saturated heterocycles. The summed E-state index contributed by atoms with van der Waals surface area (Å²) in [5.41, 5.74) is 1.50. The number of fused-ring (bicyclic) bond motifs is 3. The highest BCUT2D eigenvalue weighted by atomic mass is 32.1. The van der Waals surface area contributed by atoms with E-state index in [-0.39, 0.29) is 0 Å². The summed E-state index contributed by atoms with van der Waals surface area (Å²) < 4.78 is 0. The van der Waals surface area contributed by atoms with Crippen molar-refractivity contribution in [2.24, 2.45) is 5.92 Å². The van der Waals surface area contributed by atoms with Crippen LogP contribution in [0.15, 0.2) is 6.33 Å². The van der Waals surface area contributed by atoms with Crippen LogP contribution in [0.2, 0.25) is 0 Å². The Kier molecular flexibility index (Phi) is 4.93. The summed E-state index contributed by atoms with van der Waals surface area (Å²) in [6, 6.07) is 0. The van der Waals surface area contributed by atoms with Gasteiger partial charge in [-0.2, -0.15) is 0 Å². The SMILES string of the molecule is CCN(CC)CCNc1ncnc2sc3c(c12)CC[C@H](C)C3. The fraction of sp³-hybridized carbons (Fsp3) is 0.647. The van der Waals surface area contributed by atoms with Crippen molar-refractivity contribution in [1.29, 1.82) is 0 Å². The summed E-state index contributed by atoms with van der Waals surface area (Å²) in [4.78, 5) is 14.1. The minimum absolute atomic E-state index is 0.799. The zero-order chi connectivity index (χ0) is 15.5. The lowest BCUT2D eigenvalue weighted by atomic mass is 9.89. The van der Waals surface area contributed by atoms with Crippen LogP contribution in [0.4, 0.5) is 5.82 Å². The van der Waals surface area contributed by atoms with Crippen LogP contribution >= 0.6 is 11.3 Å². The van der Waals surface area contributed by atoms with Crippen LogP contribution in [0.5, 0.6) is 0 Å². The van der Waals surface area contributed by atoms with E-state index in [1.165, 1.54) is 35.1 Å². The van der Waals surface area contributed by atoms with Crippen molar-refractivity contribution in [2.75, 3.05) is 31.5 Å². The minimum Gasteiger partial charge on any atom is -0.368 e. The van der Waals surface area contributed by atoms with Gasteiger partial charge in [-0.15, -0.1) is 11.3 Å². The van der Waals surface area contributed by atoms with Gasteiger partial charge in [0, 0.05) is 18.0 Å². The van der Waals surface area contributed by atoms with Gasteiger partial charge in [0.1, 0.15) is 17.0 Å². The van der Waals surface area contributed by atoms with E-state index < -0.39 is 0 Å². The van der Waals surface area contributed by atoms with E-state index >= 15 is 0 Å². The normalized spacial score (nSPS) is 17.9. The molecule has 0 fully saturated rings. The number of aryl methyl sites for hydroxylation is 1. The maximum absolute atomic E-state index is 4.52. The van der Waals surface area contributed by atoms with Crippen molar-refractivity contribution in [3.05, 3.63) is 16.8 Å². The summed E-state index contributed by atoms with van der Waals surface area (Å²) >= 11 is 1.86.